The molecule has 0 saturated heterocycles. The number of sulfonamides is 1. The Kier molecular flexibility index (Phi) is 6.12. The Morgan fingerprint density at radius 1 is 1.04 bits per heavy atom. The first-order valence-corrected chi connectivity index (χ1v) is 8.88. The standard InChI is InChI=1S/C15H15Cl2NO4S/c1-21-14-7-4-12(17)10-15(14)23(19,20)18-8-9-22-13-5-2-11(16)3-6-13/h2-7,10,18H,8-9H2,1H3. The van der Waals surface area contributed by atoms with Crippen LogP contribution in [0.3, 0.4) is 0 Å². The Balaban J connectivity index is 1.96. The number of benzene rings is 2. The molecule has 0 atom stereocenters. The first-order chi connectivity index (χ1) is 10.9. The van der Waals surface area contributed by atoms with Crippen molar-refractivity contribution in [3.63, 3.8) is 0 Å². The minimum absolute atomic E-state index is 0.0148. The average molecular weight is 376 g/mol. The van der Waals surface area contributed by atoms with Crippen LogP contribution in [0.4, 0.5) is 0 Å². The van der Waals surface area contributed by atoms with Crippen molar-refractivity contribution in [2.45, 2.75) is 4.90 Å². The van der Waals surface area contributed by atoms with Gasteiger partial charge < -0.3 is 9.47 Å². The highest BCUT2D eigenvalue weighted by Crippen LogP contribution is 2.26. The zero-order valence-electron chi connectivity index (χ0n) is 12.3. The van der Waals surface area contributed by atoms with E-state index in [2.05, 4.69) is 4.72 Å². The minimum Gasteiger partial charge on any atom is -0.495 e. The third kappa shape index (κ3) is 5.00. The molecule has 5 nitrogen and oxygen atoms in total. The summed E-state index contributed by atoms with van der Waals surface area (Å²) >= 11 is 11.6. The van der Waals surface area contributed by atoms with Crippen LogP contribution in [0.2, 0.25) is 10.0 Å². The van der Waals surface area contributed by atoms with E-state index in [1.807, 2.05) is 0 Å². The fraction of sp³-hybridized carbons (Fsp3) is 0.200. The molecule has 0 aliphatic heterocycles. The Morgan fingerprint density at radius 2 is 1.70 bits per heavy atom. The second-order valence-corrected chi connectivity index (χ2v) is 7.10. The molecular weight excluding hydrogens is 361 g/mol. The number of methoxy groups -OCH3 is 1. The smallest absolute Gasteiger partial charge is 0.244 e. The molecule has 0 aromatic heterocycles. The van der Waals surface area contributed by atoms with Gasteiger partial charge in [-0.25, -0.2) is 13.1 Å². The molecule has 0 heterocycles. The van der Waals surface area contributed by atoms with E-state index in [0.717, 1.165) is 0 Å². The summed E-state index contributed by atoms with van der Waals surface area (Å²) < 4.78 is 37.5. The van der Waals surface area contributed by atoms with E-state index in [-0.39, 0.29) is 23.8 Å². The van der Waals surface area contributed by atoms with Gasteiger partial charge in [0.1, 0.15) is 23.0 Å². The number of nitrogens with one attached hydrogen (secondary N) is 1. The molecule has 23 heavy (non-hydrogen) atoms. The van der Waals surface area contributed by atoms with Gasteiger partial charge >= 0.3 is 0 Å². The Hall–Kier alpha value is -1.47. The number of hydrogen-bond acceptors (Lipinski definition) is 4. The largest absolute Gasteiger partial charge is 0.495 e. The first-order valence-electron chi connectivity index (χ1n) is 6.64. The fourth-order valence-electron chi connectivity index (χ4n) is 1.81. The molecule has 0 aliphatic carbocycles. The summed E-state index contributed by atoms with van der Waals surface area (Å²) in [6, 6.07) is 11.2. The number of rotatable bonds is 7. The Morgan fingerprint density at radius 3 is 2.35 bits per heavy atom. The van der Waals surface area contributed by atoms with Crippen molar-refractivity contribution in [2.24, 2.45) is 0 Å². The van der Waals surface area contributed by atoms with E-state index in [1.165, 1.54) is 19.2 Å². The molecule has 0 unspecified atom stereocenters. The molecule has 8 heteroatoms. The van der Waals surface area contributed by atoms with Crippen molar-refractivity contribution in [2.75, 3.05) is 20.3 Å². The van der Waals surface area contributed by atoms with E-state index >= 15 is 0 Å². The average Bonchev–Trinajstić information content (AvgIpc) is 2.53. The zero-order valence-corrected chi connectivity index (χ0v) is 14.6. The summed E-state index contributed by atoms with van der Waals surface area (Å²) in [7, 11) is -2.35. The van der Waals surface area contributed by atoms with E-state index < -0.39 is 10.0 Å². The lowest BCUT2D eigenvalue weighted by atomic mass is 10.3. The third-order valence-electron chi connectivity index (χ3n) is 2.89. The molecule has 0 spiro atoms. The summed E-state index contributed by atoms with van der Waals surface area (Å²) in [6.45, 7) is 0.268. The lowest BCUT2D eigenvalue weighted by Gasteiger charge is -2.11. The predicted molar refractivity (Wildman–Crippen MR) is 90.1 cm³/mol. The first kappa shape index (κ1) is 17.9. The molecule has 0 aliphatic rings. The van der Waals surface area contributed by atoms with E-state index in [1.54, 1.807) is 30.3 Å². The molecule has 0 fully saturated rings. The summed E-state index contributed by atoms with van der Waals surface area (Å²) in [5.41, 5.74) is 0. The molecule has 2 aromatic rings. The van der Waals surface area contributed by atoms with Gasteiger partial charge in [0.2, 0.25) is 10.0 Å². The lowest BCUT2D eigenvalue weighted by Crippen LogP contribution is -2.28. The highest BCUT2D eigenvalue weighted by molar-refractivity contribution is 7.89. The summed E-state index contributed by atoms with van der Waals surface area (Å²) in [6.07, 6.45) is 0. The van der Waals surface area contributed by atoms with Crippen LogP contribution in [-0.2, 0) is 10.0 Å². The van der Waals surface area contributed by atoms with Gasteiger partial charge in [-0.15, -0.1) is 0 Å². The molecule has 2 aromatic carbocycles. The molecule has 124 valence electrons. The number of hydrogen-bond donors (Lipinski definition) is 1. The van der Waals surface area contributed by atoms with Gasteiger partial charge in [0.05, 0.1) is 7.11 Å². The molecule has 0 saturated carbocycles. The van der Waals surface area contributed by atoms with Crippen LogP contribution in [0.15, 0.2) is 47.4 Å². The van der Waals surface area contributed by atoms with Crippen LogP contribution in [0, 0.1) is 0 Å². The maximum absolute atomic E-state index is 12.3. The lowest BCUT2D eigenvalue weighted by molar-refractivity contribution is 0.322. The molecule has 2 rings (SSSR count). The second kappa shape index (κ2) is 7.88. The van der Waals surface area contributed by atoms with Crippen molar-refractivity contribution >= 4 is 33.2 Å². The van der Waals surface area contributed by atoms with Gasteiger partial charge in [-0.1, -0.05) is 23.2 Å². The molecule has 0 amide bonds. The van der Waals surface area contributed by atoms with Crippen molar-refractivity contribution < 1.29 is 17.9 Å². The van der Waals surface area contributed by atoms with Crippen molar-refractivity contribution in [3.8, 4) is 11.5 Å². The van der Waals surface area contributed by atoms with Crippen LogP contribution in [0.5, 0.6) is 11.5 Å². The molecular formula is C15H15Cl2NO4S. The highest BCUT2D eigenvalue weighted by Gasteiger charge is 2.19. The highest BCUT2D eigenvalue weighted by atomic mass is 35.5. The van der Waals surface area contributed by atoms with Crippen LogP contribution >= 0.6 is 23.2 Å². The quantitative estimate of drug-likeness (QED) is 0.753. The minimum atomic E-state index is -3.75. The van der Waals surface area contributed by atoms with Crippen LogP contribution < -0.4 is 14.2 Å². The second-order valence-electron chi connectivity index (χ2n) is 4.50. The predicted octanol–water partition coefficient (Wildman–Crippen LogP) is 3.36. The van der Waals surface area contributed by atoms with E-state index in [0.29, 0.717) is 15.8 Å². The van der Waals surface area contributed by atoms with Gasteiger partial charge in [0.25, 0.3) is 0 Å². The summed E-state index contributed by atoms with van der Waals surface area (Å²) in [4.78, 5) is -0.0148. The van der Waals surface area contributed by atoms with Gasteiger partial charge in [0.15, 0.2) is 0 Å². The van der Waals surface area contributed by atoms with Crippen LogP contribution in [-0.4, -0.2) is 28.7 Å². The van der Waals surface area contributed by atoms with Crippen molar-refractivity contribution in [1.29, 1.82) is 0 Å². The van der Waals surface area contributed by atoms with Crippen molar-refractivity contribution in [1.82, 2.24) is 4.72 Å². The maximum atomic E-state index is 12.3. The molecule has 0 radical (unpaired) electrons. The number of ether oxygens (including phenoxy) is 2. The molecule has 1 N–H and O–H groups in total. The molecule has 0 bridgehead atoms. The Bertz CT molecular complexity index is 764. The topological polar surface area (TPSA) is 64.6 Å². The van der Waals surface area contributed by atoms with Gasteiger partial charge in [-0.2, -0.15) is 0 Å². The van der Waals surface area contributed by atoms with Crippen molar-refractivity contribution in [3.05, 3.63) is 52.5 Å². The summed E-state index contributed by atoms with van der Waals surface area (Å²) in [5, 5.41) is 0.912. The number of halogens is 2. The van der Waals surface area contributed by atoms with Gasteiger partial charge in [-0.05, 0) is 42.5 Å². The van der Waals surface area contributed by atoms with Gasteiger partial charge in [-0.3, -0.25) is 0 Å². The Labute approximate surface area is 145 Å². The third-order valence-corrected chi connectivity index (χ3v) is 4.86. The SMILES string of the molecule is COc1ccc(Cl)cc1S(=O)(=O)NCCOc1ccc(Cl)cc1. The maximum Gasteiger partial charge on any atom is 0.244 e. The van der Waals surface area contributed by atoms with Crippen LogP contribution in [0.1, 0.15) is 0 Å². The normalized spacial score (nSPS) is 11.3. The van der Waals surface area contributed by atoms with Gasteiger partial charge in [0, 0.05) is 16.6 Å². The monoisotopic (exact) mass is 375 g/mol. The zero-order chi connectivity index (χ0) is 16.9. The van der Waals surface area contributed by atoms with Crippen LogP contribution in [0.25, 0.3) is 0 Å². The van der Waals surface area contributed by atoms with E-state index in [4.69, 9.17) is 32.7 Å². The summed E-state index contributed by atoms with van der Waals surface area (Å²) in [5.74, 6) is 0.828. The fourth-order valence-corrected chi connectivity index (χ4v) is 3.38. The van der Waals surface area contributed by atoms with E-state index in [9.17, 15) is 8.42 Å².